The third-order valence-corrected chi connectivity index (χ3v) is 7.62. The maximum atomic E-state index is 12.7. The Kier molecular flexibility index (Phi) is 7.52. The Bertz CT molecular complexity index is 1060. The van der Waals surface area contributed by atoms with E-state index >= 15 is 0 Å². The summed E-state index contributed by atoms with van der Waals surface area (Å²) in [5.41, 5.74) is 0.742. The molecule has 0 aromatic heterocycles. The van der Waals surface area contributed by atoms with E-state index in [1.165, 1.54) is 28.6 Å². The van der Waals surface area contributed by atoms with E-state index in [2.05, 4.69) is 4.72 Å². The van der Waals surface area contributed by atoms with E-state index in [0.29, 0.717) is 10.6 Å². The highest BCUT2D eigenvalue weighted by Gasteiger charge is 2.25. The lowest BCUT2D eigenvalue weighted by Crippen LogP contribution is -2.30. The predicted octanol–water partition coefficient (Wildman–Crippen LogP) is 4.44. The van der Waals surface area contributed by atoms with Gasteiger partial charge in [0.05, 0.1) is 16.1 Å². The molecule has 0 aliphatic rings. The molecule has 0 spiro atoms. The van der Waals surface area contributed by atoms with Crippen molar-refractivity contribution in [1.82, 2.24) is 4.31 Å². The standard InChI is InChI=1S/C18H20Cl2N2O4S2/c1-3-22(4-2)28(25,26)18-13-16(9-10-17(18)20)21-27(23,24)12-11-14-5-7-15(19)8-6-14/h5-13,21H,3-4H2,1-2H3/b12-11+. The molecule has 6 nitrogen and oxygen atoms in total. The molecule has 0 saturated heterocycles. The molecule has 1 N–H and O–H groups in total. The normalized spacial score (nSPS) is 12.6. The minimum Gasteiger partial charge on any atom is -0.280 e. The number of nitrogens with zero attached hydrogens (tertiary/aromatic N) is 1. The van der Waals surface area contributed by atoms with Gasteiger partial charge in [0.2, 0.25) is 10.0 Å². The fraction of sp³-hybridized carbons (Fsp3) is 0.222. The van der Waals surface area contributed by atoms with Crippen LogP contribution in [0.5, 0.6) is 0 Å². The molecule has 0 aliphatic heterocycles. The summed E-state index contributed by atoms with van der Waals surface area (Å²) in [6.07, 6.45) is 1.40. The summed E-state index contributed by atoms with van der Waals surface area (Å²) < 4.78 is 53.6. The van der Waals surface area contributed by atoms with Crippen molar-refractivity contribution in [2.75, 3.05) is 17.8 Å². The summed E-state index contributed by atoms with van der Waals surface area (Å²) in [5.74, 6) is 0. The monoisotopic (exact) mass is 462 g/mol. The summed E-state index contributed by atoms with van der Waals surface area (Å²) >= 11 is 11.9. The lowest BCUT2D eigenvalue weighted by Gasteiger charge is -2.19. The Labute approximate surface area is 175 Å². The largest absolute Gasteiger partial charge is 0.280 e. The van der Waals surface area contributed by atoms with Gasteiger partial charge in [-0.15, -0.1) is 0 Å². The number of nitrogens with one attached hydrogen (secondary N) is 1. The van der Waals surface area contributed by atoms with Crippen molar-refractivity contribution in [3.05, 3.63) is 63.5 Å². The molecule has 0 radical (unpaired) electrons. The third-order valence-electron chi connectivity index (χ3n) is 3.82. The molecule has 0 amide bonds. The first kappa shape index (κ1) is 22.7. The predicted molar refractivity (Wildman–Crippen MR) is 115 cm³/mol. The Morgan fingerprint density at radius 2 is 1.57 bits per heavy atom. The summed E-state index contributed by atoms with van der Waals surface area (Å²) in [4.78, 5) is -0.153. The molecular formula is C18H20Cl2N2O4S2. The van der Waals surface area contributed by atoms with Gasteiger partial charge < -0.3 is 0 Å². The Morgan fingerprint density at radius 3 is 2.14 bits per heavy atom. The van der Waals surface area contributed by atoms with Gasteiger partial charge in [0.25, 0.3) is 10.0 Å². The molecule has 0 unspecified atom stereocenters. The first-order valence-electron chi connectivity index (χ1n) is 8.35. The lowest BCUT2D eigenvalue weighted by atomic mass is 10.2. The zero-order valence-electron chi connectivity index (χ0n) is 15.3. The van der Waals surface area contributed by atoms with Gasteiger partial charge in [-0.25, -0.2) is 16.8 Å². The molecule has 2 rings (SSSR count). The van der Waals surface area contributed by atoms with E-state index in [0.717, 1.165) is 5.41 Å². The van der Waals surface area contributed by atoms with Crippen molar-refractivity contribution in [2.45, 2.75) is 18.7 Å². The van der Waals surface area contributed by atoms with Gasteiger partial charge in [-0.1, -0.05) is 49.2 Å². The number of halogens is 2. The van der Waals surface area contributed by atoms with Crippen LogP contribution in [-0.2, 0) is 20.0 Å². The molecule has 0 bridgehead atoms. The van der Waals surface area contributed by atoms with E-state index in [4.69, 9.17) is 23.2 Å². The van der Waals surface area contributed by atoms with E-state index in [-0.39, 0.29) is 28.7 Å². The molecular weight excluding hydrogens is 443 g/mol. The SMILES string of the molecule is CCN(CC)S(=O)(=O)c1cc(NS(=O)(=O)/C=C/c2ccc(Cl)cc2)ccc1Cl. The first-order valence-corrected chi connectivity index (χ1v) is 12.1. The quantitative estimate of drug-likeness (QED) is 0.628. The molecule has 10 heteroatoms. The van der Waals surface area contributed by atoms with E-state index in [1.54, 1.807) is 38.1 Å². The highest BCUT2D eigenvalue weighted by atomic mass is 35.5. The number of sulfonamides is 2. The number of rotatable bonds is 8. The Morgan fingerprint density at radius 1 is 0.964 bits per heavy atom. The molecule has 0 heterocycles. The van der Waals surface area contributed by atoms with Crippen LogP contribution in [-0.4, -0.2) is 34.2 Å². The highest BCUT2D eigenvalue weighted by molar-refractivity contribution is 7.95. The number of hydrogen-bond donors (Lipinski definition) is 1. The van der Waals surface area contributed by atoms with Gasteiger partial charge in [-0.2, -0.15) is 4.31 Å². The van der Waals surface area contributed by atoms with Crippen molar-refractivity contribution >= 4 is 55.0 Å². The fourth-order valence-corrected chi connectivity index (χ4v) is 5.35. The van der Waals surface area contributed by atoms with Crippen LogP contribution < -0.4 is 4.72 Å². The van der Waals surface area contributed by atoms with Crippen LogP contribution in [0.25, 0.3) is 6.08 Å². The maximum Gasteiger partial charge on any atom is 0.255 e. The highest BCUT2D eigenvalue weighted by Crippen LogP contribution is 2.28. The van der Waals surface area contributed by atoms with Crippen molar-refractivity contribution in [3.8, 4) is 0 Å². The molecule has 28 heavy (non-hydrogen) atoms. The van der Waals surface area contributed by atoms with Crippen molar-refractivity contribution < 1.29 is 16.8 Å². The number of benzene rings is 2. The van der Waals surface area contributed by atoms with Crippen molar-refractivity contribution in [2.24, 2.45) is 0 Å². The zero-order valence-corrected chi connectivity index (χ0v) is 18.4. The molecule has 2 aromatic carbocycles. The molecule has 0 saturated carbocycles. The molecule has 0 fully saturated rings. The average Bonchev–Trinajstić information content (AvgIpc) is 2.63. The van der Waals surface area contributed by atoms with Gasteiger partial charge in [0.1, 0.15) is 4.90 Å². The van der Waals surface area contributed by atoms with Crippen LogP contribution in [0.15, 0.2) is 52.8 Å². The summed E-state index contributed by atoms with van der Waals surface area (Å²) in [6, 6.07) is 10.6. The van der Waals surface area contributed by atoms with Crippen LogP contribution in [0.3, 0.4) is 0 Å². The Balaban J connectivity index is 2.30. The second-order valence-electron chi connectivity index (χ2n) is 5.74. The minimum absolute atomic E-state index is 0.0200. The number of anilines is 1. The van der Waals surface area contributed by atoms with Crippen molar-refractivity contribution in [1.29, 1.82) is 0 Å². The second-order valence-corrected chi connectivity index (χ2v) is 10.1. The van der Waals surface area contributed by atoms with Crippen molar-refractivity contribution in [3.63, 3.8) is 0 Å². The summed E-state index contributed by atoms with van der Waals surface area (Å²) in [6.45, 7) is 3.97. The van der Waals surface area contributed by atoms with Crippen LogP contribution in [0, 0.1) is 0 Å². The number of hydrogen-bond acceptors (Lipinski definition) is 4. The van der Waals surface area contributed by atoms with E-state index in [1.807, 2.05) is 0 Å². The lowest BCUT2D eigenvalue weighted by molar-refractivity contribution is 0.445. The van der Waals surface area contributed by atoms with Gasteiger partial charge in [0, 0.05) is 18.1 Å². The van der Waals surface area contributed by atoms with Gasteiger partial charge in [0.15, 0.2) is 0 Å². The smallest absolute Gasteiger partial charge is 0.255 e. The van der Waals surface area contributed by atoms with Gasteiger partial charge in [-0.05, 0) is 42.0 Å². The molecule has 0 atom stereocenters. The van der Waals surface area contributed by atoms with Crippen LogP contribution >= 0.6 is 23.2 Å². The average molecular weight is 463 g/mol. The van der Waals surface area contributed by atoms with E-state index in [9.17, 15) is 16.8 Å². The van der Waals surface area contributed by atoms with Crippen LogP contribution in [0.2, 0.25) is 10.0 Å². The van der Waals surface area contributed by atoms with Crippen LogP contribution in [0.4, 0.5) is 5.69 Å². The van der Waals surface area contributed by atoms with E-state index < -0.39 is 20.0 Å². The molecule has 0 aliphatic carbocycles. The zero-order chi connectivity index (χ0) is 20.9. The third kappa shape index (κ3) is 5.71. The molecule has 2 aromatic rings. The van der Waals surface area contributed by atoms with Gasteiger partial charge >= 0.3 is 0 Å². The topological polar surface area (TPSA) is 83.6 Å². The van der Waals surface area contributed by atoms with Crippen LogP contribution in [0.1, 0.15) is 19.4 Å². The first-order chi connectivity index (χ1) is 13.1. The fourth-order valence-electron chi connectivity index (χ4n) is 2.41. The maximum absolute atomic E-state index is 12.7. The summed E-state index contributed by atoms with van der Waals surface area (Å²) in [7, 11) is -7.70. The minimum atomic E-state index is -3.86. The van der Waals surface area contributed by atoms with Gasteiger partial charge in [-0.3, -0.25) is 4.72 Å². The second kappa shape index (κ2) is 9.28. The Hall–Kier alpha value is -1.58. The molecule has 152 valence electrons. The summed E-state index contributed by atoms with van der Waals surface area (Å²) in [5, 5.41) is 1.55.